The van der Waals surface area contributed by atoms with Crippen LogP contribution in [0, 0.1) is 5.41 Å². The number of rotatable bonds is 3. The molecule has 2 heterocycles. The topological polar surface area (TPSA) is 58.6 Å². The molecule has 0 spiro atoms. The van der Waals surface area contributed by atoms with E-state index in [1.54, 1.807) is 12.4 Å². The predicted octanol–water partition coefficient (Wildman–Crippen LogP) is 4.91. The third-order valence-electron chi connectivity index (χ3n) is 4.16. The van der Waals surface area contributed by atoms with Crippen molar-refractivity contribution in [3.05, 3.63) is 42.2 Å². The summed E-state index contributed by atoms with van der Waals surface area (Å²) in [4.78, 5) is 26.2. The molecule has 25 heavy (non-hydrogen) atoms. The summed E-state index contributed by atoms with van der Waals surface area (Å²) < 4.78 is 0. The maximum Gasteiger partial charge on any atom is 0.171 e. The minimum atomic E-state index is -0.748. The van der Waals surface area contributed by atoms with Crippen LogP contribution in [0.3, 0.4) is 0 Å². The number of Topliss-reactive ketones (excluding diaryl/α,β-unsaturated/α-hetero) is 1. The summed E-state index contributed by atoms with van der Waals surface area (Å²) in [6, 6.07) is 8.49. The lowest BCUT2D eigenvalue weighted by Gasteiger charge is -2.25. The van der Waals surface area contributed by atoms with Gasteiger partial charge in [0.25, 0.3) is 0 Å². The van der Waals surface area contributed by atoms with E-state index in [2.05, 4.69) is 53.0 Å². The highest BCUT2D eigenvalue weighted by molar-refractivity contribution is 8.32. The fourth-order valence-corrected chi connectivity index (χ4v) is 3.59. The molecule has 2 aromatic heterocycles. The highest BCUT2D eigenvalue weighted by atomic mass is 32.3. The zero-order chi connectivity index (χ0) is 18.4. The summed E-state index contributed by atoms with van der Waals surface area (Å²) in [7, 11) is -0.748. The molecule has 0 aliphatic rings. The average molecular weight is 356 g/mol. The molecule has 0 radical (unpaired) electrons. The lowest BCUT2D eigenvalue weighted by Crippen LogP contribution is -2.20. The van der Waals surface area contributed by atoms with Gasteiger partial charge < -0.3 is 4.98 Å². The highest BCUT2D eigenvalue weighted by Crippen LogP contribution is 2.45. The second kappa shape index (κ2) is 5.99. The van der Waals surface area contributed by atoms with Crippen LogP contribution < -0.4 is 0 Å². The first-order valence-electron chi connectivity index (χ1n) is 8.25. The lowest BCUT2D eigenvalue weighted by atomic mass is 9.87. The van der Waals surface area contributed by atoms with Gasteiger partial charge >= 0.3 is 0 Å². The highest BCUT2D eigenvalue weighted by Gasteiger charge is 2.26. The molecule has 4 nitrogen and oxygen atoms in total. The van der Waals surface area contributed by atoms with Gasteiger partial charge in [0, 0.05) is 17.2 Å². The molecule has 0 unspecified atom stereocenters. The van der Waals surface area contributed by atoms with Gasteiger partial charge in [0.05, 0.1) is 17.5 Å². The maximum absolute atomic E-state index is 12.7. The van der Waals surface area contributed by atoms with E-state index in [1.807, 2.05) is 20.8 Å². The quantitative estimate of drug-likeness (QED) is 0.679. The molecular formula is C20H25N3OS. The van der Waals surface area contributed by atoms with Crippen LogP contribution in [0.4, 0.5) is 0 Å². The molecule has 1 N–H and O–H groups in total. The van der Waals surface area contributed by atoms with Crippen molar-refractivity contribution in [2.45, 2.75) is 25.7 Å². The summed E-state index contributed by atoms with van der Waals surface area (Å²) in [6.07, 6.45) is 10.3. The average Bonchev–Trinajstić information content (AvgIpc) is 2.95. The summed E-state index contributed by atoms with van der Waals surface area (Å²) in [6.45, 7) is 5.75. The number of nitrogens with one attached hydrogen (secondary N) is 1. The number of fused-ring (bicyclic) bond motifs is 1. The summed E-state index contributed by atoms with van der Waals surface area (Å²) in [5.41, 5.74) is 3.23. The van der Waals surface area contributed by atoms with E-state index >= 15 is 0 Å². The Hall–Kier alpha value is -2.14. The van der Waals surface area contributed by atoms with Crippen LogP contribution in [-0.2, 0) is 0 Å². The number of carbonyl (C=O) groups excluding carboxylic acids is 1. The minimum Gasteiger partial charge on any atom is -0.344 e. The molecule has 3 aromatic rings. The molecular weight excluding hydrogens is 330 g/mol. The summed E-state index contributed by atoms with van der Waals surface area (Å²) in [5.74, 6) is 0.0666. The van der Waals surface area contributed by atoms with Crippen molar-refractivity contribution < 1.29 is 4.79 Å². The lowest BCUT2D eigenvalue weighted by molar-refractivity contribution is 0.0860. The van der Waals surface area contributed by atoms with Gasteiger partial charge in [-0.05, 0) is 35.8 Å². The van der Waals surface area contributed by atoms with Crippen LogP contribution >= 0.6 is 10.0 Å². The number of aromatic amines is 1. The number of ketones is 1. The number of hydrogen-bond donors (Lipinski definition) is 1. The molecule has 0 aliphatic heterocycles. The Morgan fingerprint density at radius 1 is 1.08 bits per heavy atom. The Morgan fingerprint density at radius 3 is 2.28 bits per heavy atom. The van der Waals surface area contributed by atoms with Crippen molar-refractivity contribution in [3.8, 4) is 11.3 Å². The molecule has 0 saturated heterocycles. The zero-order valence-corrected chi connectivity index (χ0v) is 16.5. The van der Waals surface area contributed by atoms with Crippen molar-refractivity contribution >= 4 is 27.0 Å². The molecule has 0 bridgehead atoms. The first-order chi connectivity index (χ1) is 11.6. The van der Waals surface area contributed by atoms with Gasteiger partial charge in [-0.1, -0.05) is 32.9 Å². The Morgan fingerprint density at radius 2 is 1.72 bits per heavy atom. The molecule has 132 valence electrons. The Bertz CT molecular complexity index is 928. The molecule has 0 amide bonds. The Labute approximate surface area is 150 Å². The molecule has 5 heteroatoms. The number of H-pyrrole nitrogens is 1. The summed E-state index contributed by atoms with van der Waals surface area (Å²) >= 11 is 0. The third kappa shape index (κ3) is 3.47. The van der Waals surface area contributed by atoms with Crippen molar-refractivity contribution in [3.63, 3.8) is 0 Å². The van der Waals surface area contributed by atoms with E-state index < -0.39 is 15.4 Å². The second-order valence-electron chi connectivity index (χ2n) is 8.10. The van der Waals surface area contributed by atoms with Crippen LogP contribution in [0.5, 0.6) is 0 Å². The van der Waals surface area contributed by atoms with Gasteiger partial charge in [-0.15, -0.1) is 0 Å². The minimum absolute atomic E-state index is 0.0666. The molecule has 0 atom stereocenters. The summed E-state index contributed by atoms with van der Waals surface area (Å²) in [5, 5.41) is 0. The molecule has 0 aliphatic carbocycles. The number of nitrogens with zero attached hydrogens (tertiary/aromatic N) is 2. The third-order valence-corrected chi connectivity index (χ3v) is 5.85. The first-order valence-corrected chi connectivity index (χ1v) is 11.1. The van der Waals surface area contributed by atoms with E-state index in [0.717, 1.165) is 11.3 Å². The van der Waals surface area contributed by atoms with Gasteiger partial charge in [-0.2, -0.15) is 0 Å². The first kappa shape index (κ1) is 17.7. The monoisotopic (exact) mass is 355 g/mol. The van der Waals surface area contributed by atoms with Crippen LogP contribution in [0.2, 0.25) is 0 Å². The zero-order valence-electron chi connectivity index (χ0n) is 15.7. The molecule has 3 rings (SSSR count). The van der Waals surface area contributed by atoms with Gasteiger partial charge in [0.15, 0.2) is 11.4 Å². The van der Waals surface area contributed by atoms with E-state index in [0.29, 0.717) is 16.7 Å². The van der Waals surface area contributed by atoms with E-state index in [1.165, 1.54) is 4.90 Å². The van der Waals surface area contributed by atoms with Gasteiger partial charge in [0.1, 0.15) is 5.52 Å². The normalized spacial score (nSPS) is 13.2. The second-order valence-corrected chi connectivity index (χ2v) is 12.2. The maximum atomic E-state index is 12.7. The standard InChI is InChI=1S/C20H25N3OS/c1-20(2,3)18(24)15-11-21-19-17(15)23-16(12-22-19)13-7-9-14(10-8-13)25(4,5)6/h7-12H,1-6H3,(H,21,22). The molecule has 0 saturated carbocycles. The Kier molecular flexibility index (Phi) is 4.23. The van der Waals surface area contributed by atoms with Crippen LogP contribution in [0.1, 0.15) is 31.1 Å². The number of aromatic nitrogens is 3. The van der Waals surface area contributed by atoms with Crippen molar-refractivity contribution in [2.75, 3.05) is 18.8 Å². The van der Waals surface area contributed by atoms with E-state index in [4.69, 9.17) is 4.98 Å². The van der Waals surface area contributed by atoms with E-state index in [-0.39, 0.29) is 5.78 Å². The molecule has 0 fully saturated rings. The molecule has 1 aromatic carbocycles. The van der Waals surface area contributed by atoms with Gasteiger partial charge in [0.2, 0.25) is 0 Å². The fourth-order valence-electron chi connectivity index (χ4n) is 2.64. The smallest absolute Gasteiger partial charge is 0.171 e. The van der Waals surface area contributed by atoms with E-state index in [9.17, 15) is 4.79 Å². The van der Waals surface area contributed by atoms with Crippen LogP contribution in [0.25, 0.3) is 22.4 Å². The van der Waals surface area contributed by atoms with Crippen LogP contribution in [-0.4, -0.2) is 39.5 Å². The number of benzene rings is 1. The SMILES string of the molecule is CC(C)(C)C(=O)c1c[nH]c2ncc(-c3ccc(S(C)(C)C)cc3)nc12. The largest absolute Gasteiger partial charge is 0.344 e. The van der Waals surface area contributed by atoms with Gasteiger partial charge in [-0.25, -0.2) is 20.0 Å². The number of hydrogen-bond acceptors (Lipinski definition) is 3. The van der Waals surface area contributed by atoms with Crippen molar-refractivity contribution in [1.82, 2.24) is 15.0 Å². The van der Waals surface area contributed by atoms with Gasteiger partial charge in [-0.3, -0.25) is 4.79 Å². The Balaban J connectivity index is 2.05. The fraction of sp³-hybridized carbons (Fsp3) is 0.350. The van der Waals surface area contributed by atoms with Crippen LogP contribution in [0.15, 0.2) is 41.6 Å². The van der Waals surface area contributed by atoms with Crippen molar-refractivity contribution in [1.29, 1.82) is 0 Å². The predicted molar refractivity (Wildman–Crippen MR) is 107 cm³/mol. The van der Waals surface area contributed by atoms with Crippen molar-refractivity contribution in [2.24, 2.45) is 5.41 Å². The number of carbonyl (C=O) groups is 1.